The van der Waals surface area contributed by atoms with Gasteiger partial charge in [-0.1, -0.05) is 12.1 Å². The van der Waals surface area contributed by atoms with Gasteiger partial charge in [0.25, 0.3) is 6.29 Å². The lowest BCUT2D eigenvalue weighted by Crippen LogP contribution is -2.31. The van der Waals surface area contributed by atoms with Gasteiger partial charge in [-0.05, 0) is 49.5 Å². The molecule has 2 N–H and O–H groups in total. The molecular weight excluding hydrogens is 426 g/mol. The van der Waals surface area contributed by atoms with Crippen LogP contribution in [-0.2, 0) is 22.4 Å². The number of ether oxygens (including phenoxy) is 3. The number of imidazole rings is 1. The highest BCUT2D eigenvalue weighted by molar-refractivity contribution is 5.72. The molecule has 1 aromatic heterocycles. The lowest BCUT2D eigenvalue weighted by Gasteiger charge is -2.24. The van der Waals surface area contributed by atoms with Crippen LogP contribution in [0.3, 0.4) is 0 Å². The van der Waals surface area contributed by atoms with Crippen LogP contribution < -0.4 is 9.47 Å². The van der Waals surface area contributed by atoms with Crippen molar-refractivity contribution in [3.8, 4) is 23.0 Å². The van der Waals surface area contributed by atoms with Gasteiger partial charge in [-0.15, -0.1) is 0 Å². The van der Waals surface area contributed by atoms with E-state index in [9.17, 15) is 15.0 Å². The van der Waals surface area contributed by atoms with Gasteiger partial charge < -0.3 is 33.9 Å². The average Bonchev–Trinajstić information content (AvgIpc) is 3.41. The Balaban J connectivity index is 1.63. The van der Waals surface area contributed by atoms with Crippen LogP contribution in [0.15, 0.2) is 48.9 Å². The Labute approximate surface area is 191 Å². The molecule has 0 radical (unpaired) electrons. The first-order chi connectivity index (χ1) is 15.8. The second-order valence-corrected chi connectivity index (χ2v) is 8.20. The van der Waals surface area contributed by atoms with Gasteiger partial charge in [0.15, 0.2) is 23.0 Å². The fourth-order valence-corrected chi connectivity index (χ4v) is 3.69. The molecule has 1 aliphatic rings. The molecule has 0 aliphatic carbocycles. The zero-order chi connectivity index (χ0) is 23.5. The van der Waals surface area contributed by atoms with Crippen LogP contribution in [-0.4, -0.2) is 64.7 Å². The molecule has 1 aliphatic heterocycles. The van der Waals surface area contributed by atoms with E-state index in [1.54, 1.807) is 30.6 Å². The maximum atomic E-state index is 11.6. The second kappa shape index (κ2) is 9.41. The fourth-order valence-electron chi connectivity index (χ4n) is 3.69. The molecule has 0 fully saturated rings. The van der Waals surface area contributed by atoms with E-state index in [1.165, 1.54) is 19.2 Å². The summed E-state index contributed by atoms with van der Waals surface area (Å²) in [6.07, 6.45) is 3.78. The summed E-state index contributed by atoms with van der Waals surface area (Å²) in [6, 6.07) is 9.43. The van der Waals surface area contributed by atoms with Crippen molar-refractivity contribution >= 4 is 5.97 Å². The molecule has 4 rings (SSSR count). The third-order valence-electron chi connectivity index (χ3n) is 5.46. The molecular formula is C24H27N3O6. The highest BCUT2D eigenvalue weighted by Crippen LogP contribution is 2.41. The first-order valence-electron chi connectivity index (χ1n) is 10.6. The van der Waals surface area contributed by atoms with Crippen LogP contribution in [0.25, 0.3) is 0 Å². The van der Waals surface area contributed by atoms with E-state index < -0.39 is 12.3 Å². The largest absolute Gasteiger partial charge is 0.504 e. The van der Waals surface area contributed by atoms with Crippen LogP contribution >= 0.6 is 0 Å². The zero-order valence-corrected chi connectivity index (χ0v) is 18.8. The van der Waals surface area contributed by atoms with Crippen molar-refractivity contribution in [2.24, 2.45) is 0 Å². The van der Waals surface area contributed by atoms with E-state index >= 15 is 0 Å². The molecule has 2 atom stereocenters. The van der Waals surface area contributed by atoms with Gasteiger partial charge in [-0.25, -0.2) is 4.98 Å². The maximum absolute atomic E-state index is 11.6. The molecule has 0 bridgehead atoms. The molecule has 0 spiro atoms. The predicted octanol–water partition coefficient (Wildman–Crippen LogP) is 2.50. The summed E-state index contributed by atoms with van der Waals surface area (Å²) < 4.78 is 18.9. The minimum Gasteiger partial charge on any atom is -0.504 e. The van der Waals surface area contributed by atoms with E-state index in [2.05, 4.69) is 9.88 Å². The van der Waals surface area contributed by atoms with Crippen molar-refractivity contribution in [3.63, 3.8) is 0 Å². The van der Waals surface area contributed by atoms with Gasteiger partial charge >= 0.3 is 5.97 Å². The summed E-state index contributed by atoms with van der Waals surface area (Å²) in [5.41, 5.74) is 2.33. The van der Waals surface area contributed by atoms with Gasteiger partial charge in [0.05, 0.1) is 25.6 Å². The minimum absolute atomic E-state index is 0.129. The molecule has 2 aromatic carbocycles. The summed E-state index contributed by atoms with van der Waals surface area (Å²) in [5, 5.41) is 19.9. The lowest BCUT2D eigenvalue weighted by molar-refractivity contribution is -0.139. The van der Waals surface area contributed by atoms with Crippen molar-refractivity contribution in [1.29, 1.82) is 0 Å². The molecule has 0 saturated carbocycles. The van der Waals surface area contributed by atoms with E-state index in [1.807, 2.05) is 24.9 Å². The third-order valence-corrected chi connectivity index (χ3v) is 5.46. The number of hydrogen-bond acceptors (Lipinski definition) is 8. The molecule has 0 amide bonds. The third kappa shape index (κ3) is 5.04. The summed E-state index contributed by atoms with van der Waals surface area (Å²) in [6.45, 7) is 0.854. The molecule has 0 saturated heterocycles. The lowest BCUT2D eigenvalue weighted by atomic mass is 10.1. The van der Waals surface area contributed by atoms with E-state index in [0.29, 0.717) is 17.1 Å². The van der Waals surface area contributed by atoms with Crippen molar-refractivity contribution in [2.75, 3.05) is 27.7 Å². The first-order valence-corrected chi connectivity index (χ1v) is 10.6. The van der Waals surface area contributed by atoms with Crippen LogP contribution in [0, 0.1) is 0 Å². The number of likely N-dealkylation sites (N-methyl/N-ethyl adjacent to an activating group) is 1. The Kier molecular flexibility index (Phi) is 6.41. The topological polar surface area (TPSA) is 106 Å². The van der Waals surface area contributed by atoms with Crippen LogP contribution in [0.5, 0.6) is 23.0 Å². The van der Waals surface area contributed by atoms with Crippen molar-refractivity contribution < 1.29 is 29.2 Å². The van der Waals surface area contributed by atoms with Gasteiger partial charge in [0.2, 0.25) is 0 Å². The summed E-state index contributed by atoms with van der Waals surface area (Å²) in [4.78, 5) is 18.2. The van der Waals surface area contributed by atoms with Crippen molar-refractivity contribution in [3.05, 3.63) is 65.7 Å². The van der Waals surface area contributed by atoms with Crippen LogP contribution in [0.1, 0.15) is 22.9 Å². The zero-order valence-electron chi connectivity index (χ0n) is 18.8. The Morgan fingerprint density at radius 1 is 1.15 bits per heavy atom. The van der Waals surface area contributed by atoms with Crippen LogP contribution in [0.2, 0.25) is 0 Å². The van der Waals surface area contributed by atoms with Gasteiger partial charge in [0, 0.05) is 19.2 Å². The Morgan fingerprint density at radius 2 is 1.94 bits per heavy atom. The van der Waals surface area contributed by atoms with E-state index in [4.69, 9.17) is 14.2 Å². The Bertz CT molecular complexity index is 1140. The second-order valence-electron chi connectivity index (χ2n) is 8.20. The molecule has 2 heterocycles. The Hall–Kier alpha value is -3.72. The standard InChI is InChI=1S/C24H27N3O6/c1-26(2)9-8-17-13-27(14-25-17)23(16-5-6-18(28)19(29)12-16)24-32-20-7-4-15(10-21(20)33-24)11-22(30)31-3/h4-7,10,12-14,23-24,28-29H,8-9,11H2,1-3H3. The number of esters is 1. The molecule has 174 valence electrons. The minimum atomic E-state index is -0.756. The number of nitrogens with zero attached hydrogens (tertiary/aromatic N) is 3. The predicted molar refractivity (Wildman–Crippen MR) is 120 cm³/mol. The van der Waals surface area contributed by atoms with Crippen LogP contribution in [0.4, 0.5) is 0 Å². The Morgan fingerprint density at radius 3 is 2.67 bits per heavy atom. The monoisotopic (exact) mass is 453 g/mol. The smallest absolute Gasteiger partial charge is 0.309 e. The molecule has 9 nitrogen and oxygen atoms in total. The van der Waals surface area contributed by atoms with Gasteiger partial charge in [0.1, 0.15) is 6.04 Å². The maximum Gasteiger partial charge on any atom is 0.309 e. The molecule has 3 aromatic rings. The summed E-state index contributed by atoms with van der Waals surface area (Å²) in [5.74, 6) is 0.281. The number of methoxy groups -OCH3 is 1. The number of rotatable bonds is 8. The van der Waals surface area contributed by atoms with E-state index in [-0.39, 0.29) is 23.9 Å². The number of aromatic hydroxyl groups is 2. The highest BCUT2D eigenvalue weighted by Gasteiger charge is 2.35. The fraction of sp³-hybridized carbons (Fsp3) is 0.333. The van der Waals surface area contributed by atoms with Gasteiger partial charge in [-0.3, -0.25) is 4.79 Å². The molecule has 33 heavy (non-hydrogen) atoms. The molecule has 2 unspecified atom stereocenters. The number of phenolic OH excluding ortho intramolecular Hbond substituents is 2. The number of carbonyl (C=O) groups excluding carboxylic acids is 1. The number of fused-ring (bicyclic) bond motifs is 1. The number of phenols is 2. The normalized spacial score (nSPS) is 15.6. The number of benzene rings is 2. The molecule has 9 heteroatoms. The average molecular weight is 453 g/mol. The van der Waals surface area contributed by atoms with Gasteiger partial charge in [-0.2, -0.15) is 0 Å². The quantitative estimate of drug-likeness (QED) is 0.396. The highest BCUT2D eigenvalue weighted by atomic mass is 16.7. The van der Waals surface area contributed by atoms with Crippen molar-refractivity contribution in [2.45, 2.75) is 25.2 Å². The number of hydrogen-bond donors (Lipinski definition) is 2. The SMILES string of the molecule is COC(=O)Cc1ccc2c(c1)OC(C(c1ccc(O)c(O)c1)n1cnc(CCN(C)C)c1)O2. The summed E-state index contributed by atoms with van der Waals surface area (Å²) in [7, 11) is 5.36. The van der Waals surface area contributed by atoms with E-state index in [0.717, 1.165) is 24.2 Å². The number of aromatic nitrogens is 2. The number of carbonyl (C=O) groups is 1. The first kappa shape index (κ1) is 22.5. The summed E-state index contributed by atoms with van der Waals surface area (Å²) >= 11 is 0. The van der Waals surface area contributed by atoms with Crippen molar-refractivity contribution in [1.82, 2.24) is 14.5 Å².